The molecule has 0 aliphatic carbocycles. The lowest BCUT2D eigenvalue weighted by Crippen LogP contribution is -2.45. The van der Waals surface area contributed by atoms with E-state index in [1.54, 1.807) is 45.0 Å². The Morgan fingerprint density at radius 2 is 1.55 bits per heavy atom. The number of carbonyl (C=O) groups is 1. The predicted octanol–water partition coefficient (Wildman–Crippen LogP) is 4.71. The van der Waals surface area contributed by atoms with E-state index in [1.165, 1.54) is 0 Å². The van der Waals surface area contributed by atoms with Crippen LogP contribution < -0.4 is 14.9 Å². The van der Waals surface area contributed by atoms with Crippen LogP contribution in [-0.4, -0.2) is 44.4 Å². The number of anilines is 3. The molecule has 2 aromatic carbocycles. The summed E-state index contributed by atoms with van der Waals surface area (Å²) in [5, 5.41) is 2.99. The molecule has 3 rings (SSSR count). The van der Waals surface area contributed by atoms with Gasteiger partial charge in [0.25, 0.3) is 5.91 Å². The van der Waals surface area contributed by atoms with Gasteiger partial charge in [-0.3, -0.25) is 9.52 Å². The Kier molecular flexibility index (Phi) is 7.10. The molecule has 1 heterocycles. The standard InChI is InChI=1S/C25H35N3O4S/c1-16-14-28(15-17(2)32-16)23-13-12-22(18(3)19(23)4)26-24(29)20-8-10-21(11-9-20)27-33(30,31)25(5,6)7/h8-13,16-17,27H,14-15H2,1-7H3,(H,26,29)/t16-,17+. The quantitative estimate of drug-likeness (QED) is 0.657. The van der Waals surface area contributed by atoms with Gasteiger partial charge in [-0.15, -0.1) is 0 Å². The average molecular weight is 474 g/mol. The summed E-state index contributed by atoms with van der Waals surface area (Å²) in [6, 6.07) is 10.4. The molecule has 0 spiro atoms. The highest BCUT2D eigenvalue weighted by molar-refractivity contribution is 7.94. The van der Waals surface area contributed by atoms with Crippen molar-refractivity contribution in [2.45, 2.75) is 65.4 Å². The topological polar surface area (TPSA) is 87.7 Å². The normalized spacial score (nSPS) is 19.3. The van der Waals surface area contributed by atoms with Gasteiger partial charge in [0, 0.05) is 35.7 Å². The molecule has 0 aromatic heterocycles. The molecule has 33 heavy (non-hydrogen) atoms. The minimum absolute atomic E-state index is 0.170. The number of amides is 1. The minimum atomic E-state index is -3.53. The molecule has 2 N–H and O–H groups in total. The van der Waals surface area contributed by atoms with E-state index in [1.807, 2.05) is 19.1 Å². The van der Waals surface area contributed by atoms with Gasteiger partial charge < -0.3 is 15.0 Å². The molecule has 1 aliphatic rings. The van der Waals surface area contributed by atoms with Crippen molar-refractivity contribution in [1.29, 1.82) is 0 Å². The monoisotopic (exact) mass is 473 g/mol. The third kappa shape index (κ3) is 5.68. The summed E-state index contributed by atoms with van der Waals surface area (Å²) in [5.74, 6) is -0.246. The highest BCUT2D eigenvalue weighted by atomic mass is 32.2. The summed E-state index contributed by atoms with van der Waals surface area (Å²) in [4.78, 5) is 15.2. The van der Waals surface area contributed by atoms with E-state index in [4.69, 9.17) is 4.74 Å². The van der Waals surface area contributed by atoms with Crippen LogP contribution >= 0.6 is 0 Å². The van der Waals surface area contributed by atoms with Crippen molar-refractivity contribution in [3.63, 3.8) is 0 Å². The van der Waals surface area contributed by atoms with E-state index in [0.717, 1.165) is 35.6 Å². The highest BCUT2D eigenvalue weighted by Gasteiger charge is 2.29. The SMILES string of the molecule is Cc1c(NC(=O)c2ccc(NS(=O)(=O)C(C)(C)C)cc2)ccc(N2C[C@@H](C)O[C@@H](C)C2)c1C. The first kappa shape index (κ1) is 25.1. The lowest BCUT2D eigenvalue weighted by Gasteiger charge is -2.38. The summed E-state index contributed by atoms with van der Waals surface area (Å²) in [7, 11) is -3.53. The zero-order valence-corrected chi connectivity index (χ0v) is 21.3. The Bertz CT molecular complexity index is 1110. The van der Waals surface area contributed by atoms with Crippen molar-refractivity contribution < 1.29 is 17.9 Å². The Balaban J connectivity index is 1.73. The smallest absolute Gasteiger partial charge is 0.255 e. The van der Waals surface area contributed by atoms with Gasteiger partial charge in [0.2, 0.25) is 10.0 Å². The van der Waals surface area contributed by atoms with Gasteiger partial charge in [0.15, 0.2) is 0 Å². The van der Waals surface area contributed by atoms with E-state index in [2.05, 4.69) is 35.7 Å². The van der Waals surface area contributed by atoms with Gasteiger partial charge in [-0.2, -0.15) is 0 Å². The van der Waals surface area contributed by atoms with Gasteiger partial charge in [-0.1, -0.05) is 0 Å². The maximum Gasteiger partial charge on any atom is 0.255 e. The number of ether oxygens (including phenoxy) is 1. The largest absolute Gasteiger partial charge is 0.372 e. The fraction of sp³-hybridized carbons (Fsp3) is 0.480. The first-order valence-corrected chi connectivity index (χ1v) is 12.7. The van der Waals surface area contributed by atoms with Gasteiger partial charge in [-0.05, 0) is 96.0 Å². The van der Waals surface area contributed by atoms with Crippen molar-refractivity contribution in [3.05, 3.63) is 53.1 Å². The number of morpholine rings is 1. The molecular weight excluding hydrogens is 438 g/mol. The fourth-order valence-electron chi connectivity index (χ4n) is 3.85. The molecule has 0 unspecified atom stereocenters. The summed E-state index contributed by atoms with van der Waals surface area (Å²) < 4.78 is 32.1. The molecule has 0 saturated carbocycles. The van der Waals surface area contributed by atoms with Crippen molar-refractivity contribution in [3.8, 4) is 0 Å². The van der Waals surface area contributed by atoms with E-state index in [-0.39, 0.29) is 18.1 Å². The lowest BCUT2D eigenvalue weighted by molar-refractivity contribution is -0.00525. The molecule has 7 nitrogen and oxygen atoms in total. The van der Waals surface area contributed by atoms with Crippen LogP contribution in [0.3, 0.4) is 0 Å². The van der Waals surface area contributed by atoms with Crippen LogP contribution in [0, 0.1) is 13.8 Å². The molecule has 1 fully saturated rings. The number of carbonyl (C=O) groups excluding carboxylic acids is 1. The molecule has 8 heteroatoms. The number of nitrogens with zero attached hydrogens (tertiary/aromatic N) is 1. The van der Waals surface area contributed by atoms with Crippen molar-refractivity contribution >= 4 is 33.0 Å². The molecule has 2 atom stereocenters. The second-order valence-corrected chi connectivity index (χ2v) is 12.2. The van der Waals surface area contributed by atoms with Crippen molar-refractivity contribution in [2.24, 2.45) is 0 Å². The van der Waals surface area contributed by atoms with Gasteiger partial charge >= 0.3 is 0 Å². The van der Waals surface area contributed by atoms with Crippen LogP contribution in [0.5, 0.6) is 0 Å². The highest BCUT2D eigenvalue weighted by Crippen LogP contribution is 2.31. The predicted molar refractivity (Wildman–Crippen MR) is 135 cm³/mol. The Morgan fingerprint density at radius 1 is 0.970 bits per heavy atom. The minimum Gasteiger partial charge on any atom is -0.372 e. The summed E-state index contributed by atoms with van der Waals surface area (Å²) >= 11 is 0. The number of hydrogen-bond acceptors (Lipinski definition) is 5. The van der Waals surface area contributed by atoms with Crippen molar-refractivity contribution in [1.82, 2.24) is 0 Å². The second-order valence-electron chi connectivity index (χ2n) is 9.79. The molecule has 0 radical (unpaired) electrons. The molecule has 0 bridgehead atoms. The van der Waals surface area contributed by atoms with Crippen LogP contribution in [-0.2, 0) is 14.8 Å². The van der Waals surface area contributed by atoms with E-state index < -0.39 is 14.8 Å². The van der Waals surface area contributed by atoms with Crippen molar-refractivity contribution in [2.75, 3.05) is 28.0 Å². The van der Waals surface area contributed by atoms with Crippen LogP contribution in [0.1, 0.15) is 56.1 Å². The van der Waals surface area contributed by atoms with Crippen LogP contribution in [0.15, 0.2) is 36.4 Å². The number of rotatable bonds is 5. The Labute approximate surface area is 197 Å². The third-order valence-electron chi connectivity index (χ3n) is 5.97. The molecule has 180 valence electrons. The molecular formula is C25H35N3O4S. The Morgan fingerprint density at radius 3 is 2.09 bits per heavy atom. The number of nitrogens with one attached hydrogen (secondary N) is 2. The maximum atomic E-state index is 12.8. The lowest BCUT2D eigenvalue weighted by atomic mass is 10.0. The molecule has 1 saturated heterocycles. The number of sulfonamides is 1. The maximum absolute atomic E-state index is 12.8. The first-order chi connectivity index (χ1) is 15.3. The number of benzene rings is 2. The van der Waals surface area contributed by atoms with Crippen LogP contribution in [0.25, 0.3) is 0 Å². The molecule has 1 aliphatic heterocycles. The van der Waals surface area contributed by atoms with Gasteiger partial charge in [0.1, 0.15) is 0 Å². The second kappa shape index (κ2) is 9.35. The summed E-state index contributed by atoms with van der Waals surface area (Å²) in [6.07, 6.45) is 0.340. The van der Waals surface area contributed by atoms with Crippen LogP contribution in [0.2, 0.25) is 0 Å². The fourth-order valence-corrected chi connectivity index (χ4v) is 4.60. The van der Waals surface area contributed by atoms with E-state index in [9.17, 15) is 13.2 Å². The summed E-state index contributed by atoms with van der Waals surface area (Å²) in [6.45, 7) is 14.8. The average Bonchev–Trinajstić information content (AvgIpc) is 2.70. The first-order valence-electron chi connectivity index (χ1n) is 11.2. The van der Waals surface area contributed by atoms with E-state index >= 15 is 0 Å². The van der Waals surface area contributed by atoms with Crippen LogP contribution in [0.4, 0.5) is 17.1 Å². The Hall–Kier alpha value is -2.58. The van der Waals surface area contributed by atoms with E-state index in [0.29, 0.717) is 11.3 Å². The third-order valence-corrected chi connectivity index (χ3v) is 8.09. The zero-order chi connectivity index (χ0) is 24.6. The molecule has 2 aromatic rings. The van der Waals surface area contributed by atoms with Gasteiger partial charge in [0.05, 0.1) is 17.0 Å². The summed E-state index contributed by atoms with van der Waals surface area (Å²) in [5.41, 5.74) is 4.93. The molecule has 1 amide bonds. The van der Waals surface area contributed by atoms with Gasteiger partial charge in [-0.25, -0.2) is 8.42 Å². The zero-order valence-electron chi connectivity index (χ0n) is 20.5. The number of hydrogen-bond donors (Lipinski definition) is 2.